The Hall–Kier alpha value is -3.47. The van der Waals surface area contributed by atoms with Gasteiger partial charge in [0.2, 0.25) is 0 Å². The molecular weight excluding hydrogens is 324 g/mol. The Morgan fingerprint density at radius 1 is 1.00 bits per heavy atom. The second-order valence-corrected chi connectivity index (χ2v) is 6.18. The molecule has 0 bridgehead atoms. The van der Waals surface area contributed by atoms with Crippen LogP contribution in [0.25, 0.3) is 16.6 Å². The predicted octanol–water partition coefficient (Wildman–Crippen LogP) is 3.69. The minimum Gasteiger partial charge on any atom is -0.336 e. The Morgan fingerprint density at radius 2 is 1.77 bits per heavy atom. The number of amides is 1. The van der Waals surface area contributed by atoms with Crippen LogP contribution in [0, 0.1) is 0 Å². The number of pyridine rings is 1. The monoisotopic (exact) mass is 342 g/mol. The Kier molecular flexibility index (Phi) is 4.19. The highest BCUT2D eigenvalue weighted by Crippen LogP contribution is 2.14. The summed E-state index contributed by atoms with van der Waals surface area (Å²) >= 11 is 0. The van der Waals surface area contributed by atoms with Crippen LogP contribution in [-0.2, 0) is 6.54 Å². The summed E-state index contributed by atoms with van der Waals surface area (Å²) in [4.78, 5) is 18.8. The summed E-state index contributed by atoms with van der Waals surface area (Å²) in [6.45, 7) is 0.472. The molecule has 1 amide bonds. The quantitative estimate of drug-likeness (QED) is 0.568. The molecule has 0 saturated heterocycles. The zero-order valence-electron chi connectivity index (χ0n) is 14.4. The van der Waals surface area contributed by atoms with E-state index in [0.717, 1.165) is 22.2 Å². The number of carbonyl (C=O) groups excluding carboxylic acids is 1. The maximum atomic E-state index is 12.7. The number of carbonyl (C=O) groups is 1. The number of para-hydroxylation sites is 2. The third kappa shape index (κ3) is 3.19. The van der Waals surface area contributed by atoms with Gasteiger partial charge in [-0.1, -0.05) is 42.5 Å². The van der Waals surface area contributed by atoms with Gasteiger partial charge in [-0.25, -0.2) is 9.67 Å². The number of fused-ring (bicyclic) bond motifs is 1. The summed E-state index contributed by atoms with van der Waals surface area (Å²) in [5.41, 5.74) is 3.22. The second-order valence-electron chi connectivity index (χ2n) is 6.18. The van der Waals surface area contributed by atoms with E-state index < -0.39 is 0 Å². The summed E-state index contributed by atoms with van der Waals surface area (Å²) in [6, 6.07) is 21.4. The van der Waals surface area contributed by atoms with Crippen molar-refractivity contribution in [3.05, 3.63) is 90.4 Å². The van der Waals surface area contributed by atoms with Crippen LogP contribution in [-0.4, -0.2) is 32.6 Å². The summed E-state index contributed by atoms with van der Waals surface area (Å²) in [6.07, 6.45) is 3.72. The molecule has 4 rings (SSSR count). The van der Waals surface area contributed by atoms with Gasteiger partial charge < -0.3 is 4.90 Å². The molecule has 5 heteroatoms. The van der Waals surface area contributed by atoms with Crippen molar-refractivity contribution in [3.8, 4) is 5.69 Å². The van der Waals surface area contributed by atoms with E-state index >= 15 is 0 Å². The lowest BCUT2D eigenvalue weighted by Crippen LogP contribution is -2.26. The first-order valence-corrected chi connectivity index (χ1v) is 8.41. The van der Waals surface area contributed by atoms with Crippen molar-refractivity contribution in [2.24, 2.45) is 0 Å². The van der Waals surface area contributed by atoms with Gasteiger partial charge in [0.05, 0.1) is 17.4 Å². The minimum atomic E-state index is -0.108. The molecule has 4 aromatic rings. The molecule has 0 fully saturated rings. The lowest BCUT2D eigenvalue weighted by atomic mass is 10.2. The molecule has 5 nitrogen and oxygen atoms in total. The number of aromatic nitrogens is 3. The molecule has 0 aliphatic carbocycles. The van der Waals surface area contributed by atoms with E-state index in [0.29, 0.717) is 12.2 Å². The minimum absolute atomic E-state index is 0.108. The third-order valence-electron chi connectivity index (χ3n) is 4.24. The highest BCUT2D eigenvalue weighted by atomic mass is 16.2. The van der Waals surface area contributed by atoms with Crippen molar-refractivity contribution >= 4 is 16.8 Å². The van der Waals surface area contributed by atoms with Crippen LogP contribution in [0.15, 0.2) is 79.1 Å². The van der Waals surface area contributed by atoms with Gasteiger partial charge in [0, 0.05) is 30.7 Å². The fourth-order valence-corrected chi connectivity index (χ4v) is 2.89. The number of benzene rings is 2. The molecule has 2 aromatic carbocycles. The molecule has 2 aromatic heterocycles. The van der Waals surface area contributed by atoms with Crippen LogP contribution in [0.1, 0.15) is 16.1 Å². The van der Waals surface area contributed by atoms with Crippen molar-refractivity contribution in [2.75, 3.05) is 7.05 Å². The van der Waals surface area contributed by atoms with Gasteiger partial charge in [0.1, 0.15) is 5.69 Å². The maximum absolute atomic E-state index is 12.7. The Labute approximate surface area is 151 Å². The normalized spacial score (nSPS) is 10.8. The number of nitrogens with zero attached hydrogens (tertiary/aromatic N) is 4. The smallest absolute Gasteiger partial charge is 0.272 e. The fraction of sp³-hybridized carbons (Fsp3) is 0.0952. The largest absolute Gasteiger partial charge is 0.336 e. The molecule has 0 saturated carbocycles. The van der Waals surface area contributed by atoms with Crippen molar-refractivity contribution in [3.63, 3.8) is 0 Å². The Balaban J connectivity index is 1.51. The van der Waals surface area contributed by atoms with Gasteiger partial charge in [-0.2, -0.15) is 5.10 Å². The summed E-state index contributed by atoms with van der Waals surface area (Å²) < 4.78 is 1.81. The first kappa shape index (κ1) is 16.0. The number of hydrogen-bond acceptors (Lipinski definition) is 3. The molecule has 128 valence electrons. The summed E-state index contributed by atoms with van der Waals surface area (Å²) in [5, 5.41) is 5.40. The van der Waals surface area contributed by atoms with E-state index in [1.807, 2.05) is 71.5 Å². The highest BCUT2D eigenvalue weighted by molar-refractivity contribution is 5.94. The summed E-state index contributed by atoms with van der Waals surface area (Å²) in [5.74, 6) is -0.108. The van der Waals surface area contributed by atoms with Gasteiger partial charge in [-0.15, -0.1) is 0 Å². The molecule has 0 radical (unpaired) electrons. The van der Waals surface area contributed by atoms with Gasteiger partial charge >= 0.3 is 0 Å². The van der Waals surface area contributed by atoms with Gasteiger partial charge in [-0.05, 0) is 24.3 Å². The molecule has 0 spiro atoms. The van der Waals surface area contributed by atoms with Crippen LogP contribution >= 0.6 is 0 Å². The average Bonchev–Trinajstić information content (AvgIpc) is 3.16. The van der Waals surface area contributed by atoms with E-state index in [2.05, 4.69) is 10.1 Å². The molecule has 0 unspecified atom stereocenters. The topological polar surface area (TPSA) is 51.0 Å². The Morgan fingerprint density at radius 3 is 2.62 bits per heavy atom. The fourth-order valence-electron chi connectivity index (χ4n) is 2.89. The van der Waals surface area contributed by atoms with E-state index in [1.54, 1.807) is 24.2 Å². The second kappa shape index (κ2) is 6.80. The molecular formula is C21H18N4O. The predicted molar refractivity (Wildman–Crippen MR) is 101 cm³/mol. The van der Waals surface area contributed by atoms with Crippen LogP contribution in [0.2, 0.25) is 0 Å². The molecule has 0 aliphatic heterocycles. The zero-order chi connectivity index (χ0) is 17.9. The number of rotatable bonds is 4. The highest BCUT2D eigenvalue weighted by Gasteiger charge is 2.15. The molecule has 0 aliphatic rings. The van der Waals surface area contributed by atoms with Gasteiger partial charge in [-0.3, -0.25) is 4.79 Å². The Bertz CT molecular complexity index is 1060. The van der Waals surface area contributed by atoms with E-state index in [4.69, 9.17) is 0 Å². The average molecular weight is 342 g/mol. The first-order chi connectivity index (χ1) is 12.7. The van der Waals surface area contributed by atoms with Crippen molar-refractivity contribution in [1.82, 2.24) is 19.7 Å². The first-order valence-electron chi connectivity index (χ1n) is 8.41. The zero-order valence-corrected chi connectivity index (χ0v) is 14.4. The van der Waals surface area contributed by atoms with Gasteiger partial charge in [0.15, 0.2) is 0 Å². The maximum Gasteiger partial charge on any atom is 0.272 e. The van der Waals surface area contributed by atoms with Crippen LogP contribution in [0.5, 0.6) is 0 Å². The third-order valence-corrected chi connectivity index (χ3v) is 4.24. The van der Waals surface area contributed by atoms with Gasteiger partial charge in [0.25, 0.3) is 5.91 Å². The molecule has 0 atom stereocenters. The van der Waals surface area contributed by atoms with E-state index in [9.17, 15) is 4.79 Å². The lowest BCUT2D eigenvalue weighted by Gasteiger charge is -2.15. The van der Waals surface area contributed by atoms with Crippen molar-refractivity contribution < 1.29 is 4.79 Å². The van der Waals surface area contributed by atoms with Crippen LogP contribution in [0.3, 0.4) is 0 Å². The standard InChI is InChI=1S/C21H18N4O/c1-24(14-16-13-22-25(15-16)18-8-3-2-4-9-18)21(26)20-12-11-17-7-5-6-10-19(17)23-20/h2-13,15H,14H2,1H3. The SMILES string of the molecule is CN(Cc1cnn(-c2ccccc2)c1)C(=O)c1ccc2ccccc2n1. The summed E-state index contributed by atoms with van der Waals surface area (Å²) in [7, 11) is 1.78. The lowest BCUT2D eigenvalue weighted by molar-refractivity contribution is 0.0779. The molecule has 0 N–H and O–H groups in total. The van der Waals surface area contributed by atoms with Crippen LogP contribution < -0.4 is 0 Å². The van der Waals surface area contributed by atoms with E-state index in [-0.39, 0.29) is 5.91 Å². The van der Waals surface area contributed by atoms with Crippen molar-refractivity contribution in [2.45, 2.75) is 6.54 Å². The number of hydrogen-bond donors (Lipinski definition) is 0. The van der Waals surface area contributed by atoms with Crippen molar-refractivity contribution in [1.29, 1.82) is 0 Å². The molecule has 2 heterocycles. The molecule has 26 heavy (non-hydrogen) atoms. The van der Waals surface area contributed by atoms with Crippen LogP contribution in [0.4, 0.5) is 0 Å². The van der Waals surface area contributed by atoms with E-state index in [1.165, 1.54) is 0 Å².